The predicted octanol–water partition coefficient (Wildman–Crippen LogP) is 3.41. The van der Waals surface area contributed by atoms with Crippen molar-refractivity contribution in [1.82, 2.24) is 14.8 Å². The van der Waals surface area contributed by atoms with Crippen molar-refractivity contribution in [3.63, 3.8) is 0 Å². The van der Waals surface area contributed by atoms with Crippen LogP contribution >= 0.6 is 11.3 Å². The monoisotopic (exact) mass is 381 g/mol. The van der Waals surface area contributed by atoms with Crippen molar-refractivity contribution in [1.29, 1.82) is 0 Å². The second-order valence-corrected chi connectivity index (χ2v) is 6.67. The minimum atomic E-state index is -1.20. The van der Waals surface area contributed by atoms with Crippen LogP contribution in [0.3, 0.4) is 0 Å². The molecule has 2 heterocycles. The molecule has 6 nitrogen and oxygen atoms in total. The Kier molecular flexibility index (Phi) is 4.25. The first-order valence-corrected chi connectivity index (χ1v) is 8.84. The van der Waals surface area contributed by atoms with E-state index in [1.165, 1.54) is 23.5 Å². The van der Waals surface area contributed by atoms with Crippen LogP contribution in [0.2, 0.25) is 0 Å². The van der Waals surface area contributed by atoms with Crippen LogP contribution in [0, 0.1) is 5.82 Å². The highest BCUT2D eigenvalue weighted by Gasteiger charge is 2.16. The molecule has 0 aliphatic rings. The molecule has 0 fully saturated rings. The number of aromatic carboxylic acids is 1. The first kappa shape index (κ1) is 17.0. The number of nitrogens with zero attached hydrogens (tertiary/aromatic N) is 3. The largest absolute Gasteiger partial charge is 0.476 e. The molecule has 0 atom stereocenters. The molecular formula is C19H12FN3O3S. The van der Waals surface area contributed by atoms with Gasteiger partial charge in [-0.05, 0) is 30.3 Å². The van der Waals surface area contributed by atoms with E-state index in [9.17, 15) is 19.1 Å². The molecule has 0 radical (unpaired) electrons. The van der Waals surface area contributed by atoms with E-state index in [-0.39, 0.29) is 23.6 Å². The van der Waals surface area contributed by atoms with E-state index in [1.807, 2.05) is 0 Å². The van der Waals surface area contributed by atoms with Gasteiger partial charge in [0.25, 0.3) is 5.56 Å². The summed E-state index contributed by atoms with van der Waals surface area (Å²) in [6.45, 7) is 0.0433. The van der Waals surface area contributed by atoms with Gasteiger partial charge in [0.15, 0.2) is 5.69 Å². The quantitative estimate of drug-likeness (QED) is 0.586. The third kappa shape index (κ3) is 3.22. The van der Waals surface area contributed by atoms with Crippen molar-refractivity contribution in [2.75, 3.05) is 0 Å². The standard InChI is InChI=1S/C19H12FN3O3S/c20-12-7-5-11(6-8-12)17-21-13(10-27-17)9-23-18(24)15-4-2-1-3-14(15)16(22-23)19(25)26/h1-8,10H,9H2,(H,25,26). The maximum Gasteiger partial charge on any atom is 0.357 e. The van der Waals surface area contributed by atoms with Gasteiger partial charge in [0.2, 0.25) is 0 Å². The molecule has 0 amide bonds. The van der Waals surface area contributed by atoms with Gasteiger partial charge in [-0.2, -0.15) is 5.10 Å². The Labute approximate surface area is 156 Å². The van der Waals surface area contributed by atoms with Crippen LogP contribution in [0.5, 0.6) is 0 Å². The zero-order valence-corrected chi connectivity index (χ0v) is 14.6. The van der Waals surface area contributed by atoms with Crippen LogP contribution in [0.15, 0.2) is 58.7 Å². The molecule has 134 valence electrons. The molecule has 8 heteroatoms. The van der Waals surface area contributed by atoms with E-state index in [2.05, 4.69) is 10.1 Å². The van der Waals surface area contributed by atoms with Gasteiger partial charge in [0, 0.05) is 16.3 Å². The molecular weight excluding hydrogens is 369 g/mol. The predicted molar refractivity (Wildman–Crippen MR) is 99.6 cm³/mol. The Balaban J connectivity index is 1.74. The lowest BCUT2D eigenvalue weighted by atomic mass is 10.1. The summed E-state index contributed by atoms with van der Waals surface area (Å²) < 4.78 is 14.2. The van der Waals surface area contributed by atoms with Crippen LogP contribution in [-0.2, 0) is 6.54 Å². The summed E-state index contributed by atoms with van der Waals surface area (Å²) in [7, 11) is 0. The lowest BCUT2D eigenvalue weighted by molar-refractivity contribution is 0.0690. The van der Waals surface area contributed by atoms with Crippen molar-refractivity contribution in [2.45, 2.75) is 6.54 Å². The zero-order chi connectivity index (χ0) is 19.0. The van der Waals surface area contributed by atoms with Crippen molar-refractivity contribution in [3.05, 3.63) is 81.5 Å². The van der Waals surface area contributed by atoms with Crippen molar-refractivity contribution in [2.24, 2.45) is 0 Å². The van der Waals surface area contributed by atoms with Gasteiger partial charge in [0.05, 0.1) is 17.6 Å². The maximum absolute atomic E-state index is 13.1. The number of aromatic nitrogens is 3. The van der Waals surface area contributed by atoms with Gasteiger partial charge >= 0.3 is 5.97 Å². The second-order valence-electron chi connectivity index (χ2n) is 5.81. The second kappa shape index (κ2) is 6.73. The van der Waals surface area contributed by atoms with Crippen molar-refractivity contribution >= 4 is 28.1 Å². The lowest BCUT2D eigenvalue weighted by Crippen LogP contribution is -2.26. The smallest absolute Gasteiger partial charge is 0.357 e. The number of thiazole rings is 1. The van der Waals surface area contributed by atoms with E-state index in [4.69, 9.17) is 0 Å². The lowest BCUT2D eigenvalue weighted by Gasteiger charge is -2.07. The fourth-order valence-corrected chi connectivity index (χ4v) is 3.58. The van der Waals surface area contributed by atoms with Gasteiger partial charge in [-0.25, -0.2) is 18.9 Å². The fraction of sp³-hybridized carbons (Fsp3) is 0.0526. The van der Waals surface area contributed by atoms with E-state index >= 15 is 0 Å². The summed E-state index contributed by atoms with van der Waals surface area (Å²) in [6, 6.07) is 12.4. The molecule has 4 rings (SSSR count). The number of rotatable bonds is 4. The van der Waals surface area contributed by atoms with Crippen LogP contribution < -0.4 is 5.56 Å². The van der Waals surface area contributed by atoms with E-state index in [1.54, 1.807) is 41.8 Å². The number of fused-ring (bicyclic) bond motifs is 1. The average Bonchev–Trinajstić information content (AvgIpc) is 3.13. The van der Waals surface area contributed by atoms with Crippen LogP contribution in [0.25, 0.3) is 21.3 Å². The minimum absolute atomic E-state index is 0.0433. The Bertz CT molecular complexity index is 1220. The normalized spacial score (nSPS) is 11.0. The summed E-state index contributed by atoms with van der Waals surface area (Å²) in [5.74, 6) is -1.53. The van der Waals surface area contributed by atoms with E-state index < -0.39 is 5.97 Å². The number of hydrogen-bond donors (Lipinski definition) is 1. The SMILES string of the molecule is O=C(O)c1nn(Cc2csc(-c3ccc(F)cc3)n2)c(=O)c2ccccc12. The Morgan fingerprint density at radius 3 is 2.52 bits per heavy atom. The number of carboxylic acid groups (broad SMARTS) is 1. The highest BCUT2D eigenvalue weighted by molar-refractivity contribution is 7.13. The summed E-state index contributed by atoms with van der Waals surface area (Å²) in [5.41, 5.74) is 0.768. The maximum atomic E-state index is 13.1. The van der Waals surface area contributed by atoms with Crippen LogP contribution in [0.4, 0.5) is 4.39 Å². The average molecular weight is 381 g/mol. The van der Waals surface area contributed by atoms with Gasteiger partial charge in [-0.3, -0.25) is 4.79 Å². The molecule has 27 heavy (non-hydrogen) atoms. The Morgan fingerprint density at radius 1 is 1.11 bits per heavy atom. The van der Waals surface area contributed by atoms with Gasteiger partial charge < -0.3 is 5.11 Å². The molecule has 1 N–H and O–H groups in total. The van der Waals surface area contributed by atoms with Crippen molar-refractivity contribution in [3.8, 4) is 10.6 Å². The Morgan fingerprint density at radius 2 is 1.81 bits per heavy atom. The van der Waals surface area contributed by atoms with Gasteiger partial charge in [0.1, 0.15) is 10.8 Å². The molecule has 2 aromatic carbocycles. The highest BCUT2D eigenvalue weighted by atomic mass is 32.1. The molecule has 2 aromatic heterocycles. The summed E-state index contributed by atoms with van der Waals surface area (Å²) >= 11 is 1.35. The fourth-order valence-electron chi connectivity index (χ4n) is 2.76. The van der Waals surface area contributed by atoms with Gasteiger partial charge in [-0.1, -0.05) is 18.2 Å². The van der Waals surface area contributed by atoms with E-state index in [0.717, 1.165) is 10.2 Å². The van der Waals surface area contributed by atoms with Gasteiger partial charge in [-0.15, -0.1) is 11.3 Å². The summed E-state index contributed by atoms with van der Waals surface area (Å²) in [5, 5.41) is 16.5. The Hall–Kier alpha value is -3.39. The number of benzene rings is 2. The molecule has 0 saturated carbocycles. The highest BCUT2D eigenvalue weighted by Crippen LogP contribution is 2.24. The zero-order valence-electron chi connectivity index (χ0n) is 13.8. The van der Waals surface area contributed by atoms with Crippen LogP contribution in [0.1, 0.15) is 16.2 Å². The molecule has 0 unspecified atom stereocenters. The van der Waals surface area contributed by atoms with E-state index in [0.29, 0.717) is 21.5 Å². The molecule has 0 aliphatic heterocycles. The number of carboxylic acids is 1. The molecule has 0 aliphatic carbocycles. The summed E-state index contributed by atoms with van der Waals surface area (Å²) in [6.07, 6.45) is 0. The molecule has 4 aromatic rings. The summed E-state index contributed by atoms with van der Waals surface area (Å²) in [4.78, 5) is 28.6. The van der Waals surface area contributed by atoms with Crippen molar-refractivity contribution < 1.29 is 14.3 Å². The first-order valence-electron chi connectivity index (χ1n) is 7.96. The first-order chi connectivity index (χ1) is 13.0. The van der Waals surface area contributed by atoms with Crippen LogP contribution in [-0.4, -0.2) is 25.8 Å². The minimum Gasteiger partial charge on any atom is -0.476 e. The molecule has 0 saturated heterocycles. The third-order valence-electron chi connectivity index (χ3n) is 4.02. The topological polar surface area (TPSA) is 85.1 Å². The third-order valence-corrected chi connectivity index (χ3v) is 4.97. The molecule has 0 spiro atoms. The number of hydrogen-bond acceptors (Lipinski definition) is 5. The molecule has 0 bridgehead atoms. The number of carbonyl (C=O) groups is 1. The number of halogens is 1.